The van der Waals surface area contributed by atoms with E-state index in [0.717, 1.165) is 16.9 Å². The summed E-state index contributed by atoms with van der Waals surface area (Å²) in [5, 5.41) is 0. The molecule has 0 fully saturated rings. The molecule has 0 unspecified atom stereocenters. The molecule has 4 heteroatoms. The molecule has 0 amide bonds. The lowest BCUT2D eigenvalue weighted by molar-refractivity contribution is 0.298. The van der Waals surface area contributed by atoms with Gasteiger partial charge in [0, 0.05) is 0 Å². The van der Waals surface area contributed by atoms with Gasteiger partial charge in [-0.1, -0.05) is 12.1 Å². The van der Waals surface area contributed by atoms with Gasteiger partial charge in [-0.05, 0) is 49.7 Å². The van der Waals surface area contributed by atoms with Gasteiger partial charge in [-0.15, -0.1) is 0 Å². The van der Waals surface area contributed by atoms with Gasteiger partial charge in [0.15, 0.2) is 0 Å². The number of nitrogens with zero attached hydrogens (tertiary/aromatic N) is 2. The molecule has 0 aliphatic rings. The Morgan fingerprint density at radius 3 is 2.76 bits per heavy atom. The number of hydrogen-bond acceptors (Lipinski definition) is 2. The molecular formula is C17H17FN2O. The Bertz CT molecular complexity index is 780. The lowest BCUT2D eigenvalue weighted by atomic mass is 10.2. The zero-order chi connectivity index (χ0) is 14.8. The SMILES string of the molecule is Cc1cc(OCCn2c(C)nc3ccccc32)ccc1F. The number of rotatable bonds is 4. The molecule has 0 spiro atoms. The molecule has 0 aliphatic heterocycles. The number of benzene rings is 2. The van der Waals surface area contributed by atoms with Gasteiger partial charge in [0.2, 0.25) is 0 Å². The fourth-order valence-corrected chi connectivity index (χ4v) is 2.44. The van der Waals surface area contributed by atoms with E-state index in [1.54, 1.807) is 19.1 Å². The second-order valence-corrected chi connectivity index (χ2v) is 5.06. The Labute approximate surface area is 123 Å². The summed E-state index contributed by atoms with van der Waals surface area (Å²) < 4.78 is 21.0. The van der Waals surface area contributed by atoms with E-state index in [2.05, 4.69) is 15.6 Å². The average molecular weight is 284 g/mol. The molecule has 0 N–H and O–H groups in total. The number of aryl methyl sites for hydroxylation is 2. The van der Waals surface area contributed by atoms with E-state index in [1.165, 1.54) is 6.07 Å². The number of ether oxygens (including phenoxy) is 1. The van der Waals surface area contributed by atoms with Crippen LogP contribution in [0.3, 0.4) is 0 Å². The van der Waals surface area contributed by atoms with Crippen molar-refractivity contribution in [3.63, 3.8) is 0 Å². The zero-order valence-electron chi connectivity index (χ0n) is 12.1. The molecule has 0 saturated carbocycles. The van der Waals surface area contributed by atoms with E-state index in [4.69, 9.17) is 4.74 Å². The van der Waals surface area contributed by atoms with Gasteiger partial charge in [0.25, 0.3) is 0 Å². The average Bonchev–Trinajstić information content (AvgIpc) is 2.79. The van der Waals surface area contributed by atoms with Crippen LogP contribution >= 0.6 is 0 Å². The van der Waals surface area contributed by atoms with Crippen molar-refractivity contribution in [3.8, 4) is 5.75 Å². The highest BCUT2D eigenvalue weighted by Gasteiger charge is 2.06. The van der Waals surface area contributed by atoms with Crippen LogP contribution in [0, 0.1) is 19.7 Å². The van der Waals surface area contributed by atoms with E-state index in [0.29, 0.717) is 24.5 Å². The summed E-state index contributed by atoms with van der Waals surface area (Å²) >= 11 is 0. The fourth-order valence-electron chi connectivity index (χ4n) is 2.44. The summed E-state index contributed by atoms with van der Waals surface area (Å²) in [4.78, 5) is 4.52. The van der Waals surface area contributed by atoms with Crippen molar-refractivity contribution in [2.24, 2.45) is 0 Å². The maximum atomic E-state index is 13.2. The third kappa shape index (κ3) is 2.75. The molecule has 3 aromatic rings. The predicted molar refractivity (Wildman–Crippen MR) is 81.1 cm³/mol. The van der Waals surface area contributed by atoms with Gasteiger partial charge in [-0.25, -0.2) is 9.37 Å². The summed E-state index contributed by atoms with van der Waals surface area (Å²) in [5.74, 6) is 1.45. The quantitative estimate of drug-likeness (QED) is 0.727. The molecule has 2 aromatic carbocycles. The summed E-state index contributed by atoms with van der Waals surface area (Å²) in [6.07, 6.45) is 0. The monoisotopic (exact) mass is 284 g/mol. The number of imidazole rings is 1. The van der Waals surface area contributed by atoms with Crippen LogP contribution in [-0.2, 0) is 6.54 Å². The molecule has 1 aromatic heterocycles. The minimum atomic E-state index is -0.209. The number of fused-ring (bicyclic) bond motifs is 1. The van der Waals surface area contributed by atoms with Crippen molar-refractivity contribution in [2.45, 2.75) is 20.4 Å². The Kier molecular flexibility index (Phi) is 3.60. The van der Waals surface area contributed by atoms with Crippen LogP contribution in [0.15, 0.2) is 42.5 Å². The van der Waals surface area contributed by atoms with Gasteiger partial charge in [0.1, 0.15) is 24.0 Å². The second-order valence-electron chi connectivity index (χ2n) is 5.06. The highest BCUT2D eigenvalue weighted by molar-refractivity contribution is 5.75. The third-order valence-electron chi connectivity index (χ3n) is 3.56. The molecule has 0 atom stereocenters. The molecule has 0 bridgehead atoms. The molecule has 1 heterocycles. The predicted octanol–water partition coefficient (Wildman–Crippen LogP) is 3.87. The summed E-state index contributed by atoms with van der Waals surface area (Å²) in [5.41, 5.74) is 2.69. The van der Waals surface area contributed by atoms with Gasteiger partial charge in [-0.3, -0.25) is 0 Å². The van der Waals surface area contributed by atoms with Crippen LogP contribution in [0.4, 0.5) is 4.39 Å². The molecule has 0 radical (unpaired) electrons. The van der Waals surface area contributed by atoms with E-state index in [9.17, 15) is 4.39 Å². The normalized spacial score (nSPS) is 11.0. The molecule has 0 saturated heterocycles. The zero-order valence-corrected chi connectivity index (χ0v) is 12.1. The molecule has 108 valence electrons. The van der Waals surface area contributed by atoms with Crippen LogP contribution in [0.1, 0.15) is 11.4 Å². The Balaban J connectivity index is 1.72. The van der Waals surface area contributed by atoms with Crippen LogP contribution < -0.4 is 4.74 Å². The number of hydrogen-bond donors (Lipinski definition) is 0. The van der Waals surface area contributed by atoms with Gasteiger partial charge < -0.3 is 9.30 Å². The molecular weight excluding hydrogens is 267 g/mol. The van der Waals surface area contributed by atoms with Crippen LogP contribution in [0.5, 0.6) is 5.75 Å². The lowest BCUT2D eigenvalue weighted by Gasteiger charge is -2.10. The number of para-hydroxylation sites is 2. The number of halogens is 1. The summed E-state index contributed by atoms with van der Waals surface area (Å²) in [7, 11) is 0. The van der Waals surface area contributed by atoms with Crippen LogP contribution in [-0.4, -0.2) is 16.2 Å². The Morgan fingerprint density at radius 1 is 1.14 bits per heavy atom. The standard InChI is InChI=1S/C17H17FN2O/c1-12-11-14(7-8-15(12)18)21-10-9-20-13(2)19-16-5-3-4-6-17(16)20/h3-8,11H,9-10H2,1-2H3. The molecule has 0 aliphatic carbocycles. The molecule has 3 nitrogen and oxygen atoms in total. The first-order chi connectivity index (χ1) is 10.1. The Hall–Kier alpha value is -2.36. The second kappa shape index (κ2) is 5.56. The van der Waals surface area contributed by atoms with Crippen molar-refractivity contribution in [2.75, 3.05) is 6.61 Å². The van der Waals surface area contributed by atoms with E-state index < -0.39 is 0 Å². The van der Waals surface area contributed by atoms with E-state index in [1.807, 2.05) is 25.1 Å². The lowest BCUT2D eigenvalue weighted by Crippen LogP contribution is -2.09. The van der Waals surface area contributed by atoms with Crippen molar-refractivity contribution >= 4 is 11.0 Å². The van der Waals surface area contributed by atoms with Crippen LogP contribution in [0.25, 0.3) is 11.0 Å². The first kappa shape index (κ1) is 13.6. The maximum absolute atomic E-state index is 13.2. The van der Waals surface area contributed by atoms with Crippen molar-refractivity contribution in [1.82, 2.24) is 9.55 Å². The molecule has 3 rings (SSSR count). The summed E-state index contributed by atoms with van der Waals surface area (Å²) in [6.45, 7) is 4.95. The van der Waals surface area contributed by atoms with Gasteiger partial charge >= 0.3 is 0 Å². The highest BCUT2D eigenvalue weighted by Crippen LogP contribution is 2.17. The first-order valence-electron chi connectivity index (χ1n) is 6.96. The summed E-state index contributed by atoms with van der Waals surface area (Å²) in [6, 6.07) is 12.8. The van der Waals surface area contributed by atoms with E-state index >= 15 is 0 Å². The van der Waals surface area contributed by atoms with Crippen molar-refractivity contribution in [1.29, 1.82) is 0 Å². The number of aromatic nitrogens is 2. The fraction of sp³-hybridized carbons (Fsp3) is 0.235. The topological polar surface area (TPSA) is 27.1 Å². The minimum absolute atomic E-state index is 0.209. The largest absolute Gasteiger partial charge is 0.492 e. The minimum Gasteiger partial charge on any atom is -0.492 e. The smallest absolute Gasteiger partial charge is 0.126 e. The highest BCUT2D eigenvalue weighted by atomic mass is 19.1. The van der Waals surface area contributed by atoms with Crippen molar-refractivity contribution < 1.29 is 9.13 Å². The third-order valence-corrected chi connectivity index (χ3v) is 3.56. The van der Waals surface area contributed by atoms with Crippen molar-refractivity contribution in [3.05, 3.63) is 59.7 Å². The Morgan fingerprint density at radius 2 is 1.95 bits per heavy atom. The first-order valence-corrected chi connectivity index (χ1v) is 6.96. The maximum Gasteiger partial charge on any atom is 0.126 e. The molecule has 21 heavy (non-hydrogen) atoms. The van der Waals surface area contributed by atoms with Crippen LogP contribution in [0.2, 0.25) is 0 Å². The van der Waals surface area contributed by atoms with Gasteiger partial charge in [-0.2, -0.15) is 0 Å². The van der Waals surface area contributed by atoms with E-state index in [-0.39, 0.29) is 5.82 Å². The van der Waals surface area contributed by atoms with Gasteiger partial charge in [0.05, 0.1) is 17.6 Å².